The van der Waals surface area contributed by atoms with E-state index in [9.17, 15) is 4.79 Å². The van der Waals surface area contributed by atoms with Crippen molar-refractivity contribution in [1.29, 1.82) is 0 Å². The lowest BCUT2D eigenvalue weighted by molar-refractivity contribution is -0.115. The molecule has 1 aliphatic heterocycles. The van der Waals surface area contributed by atoms with E-state index in [-0.39, 0.29) is 12.3 Å². The number of anilines is 1. The van der Waals surface area contributed by atoms with Crippen LogP contribution in [0.5, 0.6) is 23.0 Å². The molecule has 1 fully saturated rings. The van der Waals surface area contributed by atoms with E-state index in [1.165, 1.54) is 11.3 Å². The Bertz CT molecular complexity index is 1150. The molecule has 1 N–H and O–H groups in total. The van der Waals surface area contributed by atoms with Crippen molar-refractivity contribution in [3.63, 3.8) is 0 Å². The summed E-state index contributed by atoms with van der Waals surface area (Å²) >= 11 is 1.49. The van der Waals surface area contributed by atoms with Crippen molar-refractivity contribution in [2.75, 3.05) is 19.5 Å². The van der Waals surface area contributed by atoms with E-state index in [0.29, 0.717) is 28.6 Å². The Kier molecular flexibility index (Phi) is 5.38. The van der Waals surface area contributed by atoms with E-state index >= 15 is 0 Å². The summed E-state index contributed by atoms with van der Waals surface area (Å²) in [5.41, 5.74) is 2.31. The van der Waals surface area contributed by atoms with Crippen molar-refractivity contribution in [1.82, 2.24) is 4.98 Å². The molecule has 1 saturated carbocycles. The van der Waals surface area contributed by atoms with E-state index in [0.717, 1.165) is 42.0 Å². The van der Waals surface area contributed by atoms with Gasteiger partial charge in [-0.05, 0) is 43.2 Å². The molecule has 0 atom stereocenters. The first kappa shape index (κ1) is 20.6. The SMILES string of the molecule is COc1ccc(-c2nc(CC(=O)Nc3ccc4c(c3)OC3(CCCC3)O4)cs2)cc1OC. The first-order valence-corrected chi connectivity index (χ1v) is 11.4. The van der Waals surface area contributed by atoms with Gasteiger partial charge in [-0.3, -0.25) is 4.79 Å². The molecule has 1 amide bonds. The lowest BCUT2D eigenvalue weighted by atomic mass is 10.2. The largest absolute Gasteiger partial charge is 0.493 e. The number of carbonyl (C=O) groups is 1. The minimum atomic E-state index is -0.508. The highest BCUT2D eigenvalue weighted by Gasteiger charge is 2.44. The number of nitrogens with zero attached hydrogens (tertiary/aromatic N) is 1. The maximum Gasteiger partial charge on any atom is 0.251 e. The lowest BCUT2D eigenvalue weighted by Gasteiger charge is -2.21. The molecule has 7 nitrogen and oxygen atoms in total. The van der Waals surface area contributed by atoms with Gasteiger partial charge in [0, 0.05) is 35.5 Å². The third-order valence-corrected chi connectivity index (χ3v) is 6.65. The summed E-state index contributed by atoms with van der Waals surface area (Å²) in [6, 6.07) is 11.2. The molecule has 166 valence electrons. The van der Waals surface area contributed by atoms with Crippen LogP contribution in [0, 0.1) is 0 Å². The van der Waals surface area contributed by atoms with Gasteiger partial charge in [-0.15, -0.1) is 11.3 Å². The van der Waals surface area contributed by atoms with Crippen molar-refractivity contribution in [2.45, 2.75) is 37.9 Å². The molecule has 2 aromatic carbocycles. The minimum Gasteiger partial charge on any atom is -0.493 e. The van der Waals surface area contributed by atoms with E-state index in [4.69, 9.17) is 18.9 Å². The molecule has 1 aliphatic carbocycles. The summed E-state index contributed by atoms with van der Waals surface area (Å²) in [6.45, 7) is 0. The second-order valence-electron chi connectivity index (χ2n) is 7.92. The number of rotatable bonds is 6. The predicted octanol–water partition coefficient (Wildman–Crippen LogP) is 5.05. The highest BCUT2D eigenvalue weighted by Crippen LogP contribution is 2.47. The van der Waals surface area contributed by atoms with Gasteiger partial charge in [0.15, 0.2) is 23.0 Å². The van der Waals surface area contributed by atoms with Gasteiger partial charge in [-0.25, -0.2) is 4.98 Å². The van der Waals surface area contributed by atoms with Gasteiger partial charge < -0.3 is 24.3 Å². The standard InChI is InChI=1S/C24H24N2O5S/c1-28-18-7-5-15(11-20(18)29-2)23-26-17(14-32-23)13-22(27)25-16-6-8-19-21(12-16)31-24(30-19)9-3-4-10-24/h5-8,11-12,14H,3-4,9-10,13H2,1-2H3,(H,25,27). The Hall–Kier alpha value is -3.26. The maximum absolute atomic E-state index is 12.6. The smallest absolute Gasteiger partial charge is 0.251 e. The fourth-order valence-corrected chi connectivity index (χ4v) is 4.97. The number of nitrogens with one attached hydrogen (secondary N) is 1. The number of amides is 1. The molecule has 2 heterocycles. The number of hydrogen-bond donors (Lipinski definition) is 1. The molecular formula is C24H24N2O5S. The summed E-state index contributed by atoms with van der Waals surface area (Å²) in [5, 5.41) is 5.65. The average molecular weight is 453 g/mol. The zero-order chi connectivity index (χ0) is 22.1. The summed E-state index contributed by atoms with van der Waals surface area (Å²) in [4.78, 5) is 17.2. The van der Waals surface area contributed by atoms with Gasteiger partial charge in [0.2, 0.25) is 5.91 Å². The summed E-state index contributed by atoms with van der Waals surface area (Å²) in [5.74, 6) is 2.09. The topological polar surface area (TPSA) is 78.9 Å². The number of carbonyl (C=O) groups excluding carboxylic acids is 1. The Morgan fingerprint density at radius 3 is 2.62 bits per heavy atom. The Morgan fingerprint density at radius 2 is 1.84 bits per heavy atom. The van der Waals surface area contributed by atoms with Crippen molar-refractivity contribution < 1.29 is 23.7 Å². The normalized spacial score (nSPS) is 15.7. The second kappa shape index (κ2) is 8.35. The molecule has 0 saturated heterocycles. The Labute approximate surface area is 190 Å². The molecule has 0 unspecified atom stereocenters. The number of hydrogen-bond acceptors (Lipinski definition) is 7. The van der Waals surface area contributed by atoms with Crippen LogP contribution in [-0.2, 0) is 11.2 Å². The van der Waals surface area contributed by atoms with Crippen LogP contribution in [-0.4, -0.2) is 30.9 Å². The van der Waals surface area contributed by atoms with Crippen LogP contribution in [0.25, 0.3) is 10.6 Å². The van der Waals surface area contributed by atoms with Crippen LogP contribution in [0.4, 0.5) is 5.69 Å². The first-order valence-electron chi connectivity index (χ1n) is 10.6. The molecule has 5 rings (SSSR count). The summed E-state index contributed by atoms with van der Waals surface area (Å²) in [7, 11) is 3.20. The molecule has 8 heteroatoms. The molecule has 3 aromatic rings. The summed E-state index contributed by atoms with van der Waals surface area (Å²) in [6.07, 6.45) is 4.19. The minimum absolute atomic E-state index is 0.136. The van der Waals surface area contributed by atoms with Crippen LogP contribution >= 0.6 is 11.3 Å². The number of benzene rings is 2. The Balaban J connectivity index is 1.24. The number of thiazole rings is 1. The van der Waals surface area contributed by atoms with Gasteiger partial charge in [0.05, 0.1) is 26.3 Å². The summed E-state index contributed by atoms with van der Waals surface area (Å²) < 4.78 is 22.8. The van der Waals surface area contributed by atoms with E-state index in [1.54, 1.807) is 14.2 Å². The quantitative estimate of drug-likeness (QED) is 0.564. The number of methoxy groups -OCH3 is 2. The monoisotopic (exact) mass is 452 g/mol. The number of ether oxygens (including phenoxy) is 4. The molecule has 2 aliphatic rings. The van der Waals surface area contributed by atoms with Gasteiger partial charge in [0.25, 0.3) is 5.79 Å². The third kappa shape index (κ3) is 3.98. The van der Waals surface area contributed by atoms with Gasteiger partial charge in [-0.2, -0.15) is 0 Å². The third-order valence-electron chi connectivity index (χ3n) is 5.71. The highest BCUT2D eigenvalue weighted by atomic mass is 32.1. The van der Waals surface area contributed by atoms with Crippen LogP contribution in [0.15, 0.2) is 41.8 Å². The van der Waals surface area contributed by atoms with Crippen molar-refractivity contribution in [2.24, 2.45) is 0 Å². The number of fused-ring (bicyclic) bond motifs is 1. The van der Waals surface area contributed by atoms with Crippen LogP contribution in [0.1, 0.15) is 31.4 Å². The molecule has 0 radical (unpaired) electrons. The molecule has 0 bridgehead atoms. The zero-order valence-corrected chi connectivity index (χ0v) is 18.8. The van der Waals surface area contributed by atoms with Gasteiger partial charge >= 0.3 is 0 Å². The average Bonchev–Trinajstić information content (AvgIpc) is 3.53. The van der Waals surface area contributed by atoms with Crippen LogP contribution < -0.4 is 24.3 Å². The fraction of sp³-hybridized carbons (Fsp3) is 0.333. The molecule has 1 aromatic heterocycles. The van der Waals surface area contributed by atoms with Crippen molar-refractivity contribution >= 4 is 22.9 Å². The van der Waals surface area contributed by atoms with Crippen molar-refractivity contribution in [3.8, 4) is 33.6 Å². The van der Waals surface area contributed by atoms with Gasteiger partial charge in [-0.1, -0.05) is 0 Å². The van der Waals surface area contributed by atoms with Crippen LogP contribution in [0.2, 0.25) is 0 Å². The predicted molar refractivity (Wildman–Crippen MR) is 122 cm³/mol. The van der Waals surface area contributed by atoms with E-state index in [2.05, 4.69) is 10.3 Å². The zero-order valence-electron chi connectivity index (χ0n) is 18.0. The highest BCUT2D eigenvalue weighted by molar-refractivity contribution is 7.13. The molecule has 32 heavy (non-hydrogen) atoms. The Morgan fingerprint density at radius 1 is 1.06 bits per heavy atom. The fourth-order valence-electron chi connectivity index (χ4n) is 4.15. The lowest BCUT2D eigenvalue weighted by Crippen LogP contribution is -2.34. The van der Waals surface area contributed by atoms with E-state index in [1.807, 2.05) is 41.8 Å². The molecule has 1 spiro atoms. The van der Waals surface area contributed by atoms with E-state index < -0.39 is 5.79 Å². The maximum atomic E-state index is 12.6. The number of aromatic nitrogens is 1. The van der Waals surface area contributed by atoms with Crippen LogP contribution in [0.3, 0.4) is 0 Å². The second-order valence-corrected chi connectivity index (χ2v) is 8.78. The molecular weight excluding hydrogens is 428 g/mol. The van der Waals surface area contributed by atoms with Gasteiger partial charge in [0.1, 0.15) is 5.01 Å². The first-order chi connectivity index (χ1) is 15.6. The van der Waals surface area contributed by atoms with Crippen molar-refractivity contribution in [3.05, 3.63) is 47.5 Å².